The molecule has 0 unspecified atom stereocenters. The topological polar surface area (TPSA) is 96.0 Å². The van der Waals surface area contributed by atoms with Gasteiger partial charge in [0.2, 0.25) is 12.7 Å². The SMILES string of the molecule is Cc1cc(C)cc(OCCOC(=O)c2cccnc2SCC(=O)Nc2ccc3c(c2)OCO3)c1. The molecule has 1 amide bonds. The van der Waals surface area contributed by atoms with Crippen LogP contribution in [0.15, 0.2) is 59.8 Å². The summed E-state index contributed by atoms with van der Waals surface area (Å²) in [5.41, 5.74) is 3.10. The molecule has 1 aliphatic rings. The van der Waals surface area contributed by atoms with Crippen LogP contribution in [0.3, 0.4) is 0 Å². The highest BCUT2D eigenvalue weighted by molar-refractivity contribution is 8.00. The molecule has 3 aromatic rings. The van der Waals surface area contributed by atoms with E-state index in [2.05, 4.69) is 16.4 Å². The van der Waals surface area contributed by atoms with Gasteiger partial charge < -0.3 is 24.3 Å². The van der Waals surface area contributed by atoms with Gasteiger partial charge in [0, 0.05) is 18.0 Å². The number of fused-ring (bicyclic) bond motifs is 1. The molecule has 2 heterocycles. The first kappa shape index (κ1) is 23.4. The molecule has 4 rings (SSSR count). The Labute approximate surface area is 201 Å². The molecule has 0 spiro atoms. The molecule has 0 atom stereocenters. The monoisotopic (exact) mass is 480 g/mol. The van der Waals surface area contributed by atoms with Crippen LogP contribution in [-0.2, 0) is 9.53 Å². The number of aromatic nitrogens is 1. The molecule has 176 valence electrons. The minimum absolute atomic E-state index is 0.0710. The fourth-order valence-electron chi connectivity index (χ4n) is 3.35. The molecular formula is C25H24N2O6S. The number of ether oxygens (including phenoxy) is 4. The predicted octanol–water partition coefficient (Wildman–Crippen LogP) is 4.39. The van der Waals surface area contributed by atoms with Crippen LogP contribution in [0.4, 0.5) is 5.69 Å². The third kappa shape index (κ3) is 6.20. The molecule has 1 N–H and O–H groups in total. The third-order valence-electron chi connectivity index (χ3n) is 4.77. The van der Waals surface area contributed by atoms with Crippen molar-refractivity contribution in [2.45, 2.75) is 18.9 Å². The first-order chi connectivity index (χ1) is 16.5. The lowest BCUT2D eigenvalue weighted by Gasteiger charge is -2.11. The van der Waals surface area contributed by atoms with Gasteiger partial charge in [-0.25, -0.2) is 9.78 Å². The van der Waals surface area contributed by atoms with Gasteiger partial charge in [0.25, 0.3) is 0 Å². The van der Waals surface area contributed by atoms with E-state index in [1.54, 1.807) is 36.5 Å². The molecule has 1 aromatic heterocycles. The van der Waals surface area contributed by atoms with Gasteiger partial charge in [-0.3, -0.25) is 4.79 Å². The van der Waals surface area contributed by atoms with E-state index >= 15 is 0 Å². The Morgan fingerprint density at radius 3 is 2.65 bits per heavy atom. The normalized spacial score (nSPS) is 11.7. The van der Waals surface area contributed by atoms with E-state index in [-0.39, 0.29) is 31.7 Å². The van der Waals surface area contributed by atoms with Gasteiger partial charge in [-0.1, -0.05) is 17.8 Å². The van der Waals surface area contributed by atoms with Crippen molar-refractivity contribution in [1.29, 1.82) is 0 Å². The Hall–Kier alpha value is -3.72. The number of rotatable bonds is 9. The predicted molar refractivity (Wildman–Crippen MR) is 128 cm³/mol. The smallest absolute Gasteiger partial charge is 0.341 e. The minimum Gasteiger partial charge on any atom is -0.490 e. The molecule has 2 aromatic carbocycles. The Morgan fingerprint density at radius 1 is 1.03 bits per heavy atom. The van der Waals surface area contributed by atoms with E-state index < -0.39 is 5.97 Å². The molecule has 0 saturated heterocycles. The molecule has 0 saturated carbocycles. The van der Waals surface area contributed by atoms with Crippen LogP contribution < -0.4 is 19.5 Å². The van der Waals surface area contributed by atoms with Crippen LogP contribution >= 0.6 is 11.8 Å². The fourth-order valence-corrected chi connectivity index (χ4v) is 4.14. The second kappa shape index (κ2) is 10.9. The van der Waals surface area contributed by atoms with Gasteiger partial charge in [-0.05, 0) is 61.4 Å². The van der Waals surface area contributed by atoms with Crippen LogP contribution in [0.1, 0.15) is 21.5 Å². The van der Waals surface area contributed by atoms with Crippen molar-refractivity contribution in [3.63, 3.8) is 0 Å². The lowest BCUT2D eigenvalue weighted by atomic mass is 10.1. The largest absolute Gasteiger partial charge is 0.490 e. The number of nitrogens with one attached hydrogen (secondary N) is 1. The molecule has 0 fully saturated rings. The average Bonchev–Trinajstić information content (AvgIpc) is 3.28. The summed E-state index contributed by atoms with van der Waals surface area (Å²) in [6.45, 7) is 4.48. The standard InChI is InChI=1S/C25H24N2O6S/c1-16-10-17(2)12-19(11-16)30-8-9-31-25(29)20-4-3-7-26-24(20)34-14-23(28)27-18-5-6-21-22(13-18)33-15-32-21/h3-7,10-13H,8-9,14-15H2,1-2H3,(H,27,28). The summed E-state index contributed by atoms with van der Waals surface area (Å²) in [6, 6.07) is 14.4. The third-order valence-corrected chi connectivity index (χ3v) is 5.77. The summed E-state index contributed by atoms with van der Waals surface area (Å²) in [5, 5.41) is 3.22. The average molecular weight is 481 g/mol. The highest BCUT2D eigenvalue weighted by Gasteiger charge is 2.17. The zero-order chi connectivity index (χ0) is 23.9. The molecular weight excluding hydrogens is 456 g/mol. The number of esters is 1. The minimum atomic E-state index is -0.518. The second-order valence-corrected chi connectivity index (χ2v) is 8.53. The number of nitrogens with zero attached hydrogens (tertiary/aromatic N) is 1. The second-order valence-electron chi connectivity index (χ2n) is 7.57. The van der Waals surface area contributed by atoms with Crippen LogP contribution in [0, 0.1) is 13.8 Å². The van der Waals surface area contributed by atoms with Crippen molar-refractivity contribution in [2.75, 3.05) is 31.1 Å². The van der Waals surface area contributed by atoms with E-state index in [1.807, 2.05) is 26.0 Å². The van der Waals surface area contributed by atoms with Crippen molar-refractivity contribution in [1.82, 2.24) is 4.98 Å². The number of anilines is 1. The van der Waals surface area contributed by atoms with Crippen molar-refractivity contribution in [3.8, 4) is 17.2 Å². The number of carbonyl (C=O) groups excluding carboxylic acids is 2. The quantitative estimate of drug-likeness (QED) is 0.274. The van der Waals surface area contributed by atoms with Crippen molar-refractivity contribution in [2.24, 2.45) is 0 Å². The summed E-state index contributed by atoms with van der Waals surface area (Å²) < 4.78 is 21.6. The van der Waals surface area contributed by atoms with E-state index in [1.165, 1.54) is 0 Å². The van der Waals surface area contributed by atoms with Crippen molar-refractivity contribution < 1.29 is 28.5 Å². The highest BCUT2D eigenvalue weighted by atomic mass is 32.2. The summed E-state index contributed by atoms with van der Waals surface area (Å²) >= 11 is 1.16. The van der Waals surface area contributed by atoms with Gasteiger partial charge in [0.05, 0.1) is 11.3 Å². The van der Waals surface area contributed by atoms with E-state index in [0.717, 1.165) is 28.6 Å². The molecule has 0 bridgehead atoms. The van der Waals surface area contributed by atoms with Crippen LogP contribution in [-0.4, -0.2) is 42.6 Å². The number of pyridine rings is 1. The van der Waals surface area contributed by atoms with E-state index in [9.17, 15) is 9.59 Å². The maximum atomic E-state index is 12.6. The molecule has 9 heteroatoms. The number of thioether (sulfide) groups is 1. The van der Waals surface area contributed by atoms with Gasteiger partial charge in [0.1, 0.15) is 24.0 Å². The molecule has 0 radical (unpaired) electrons. The van der Waals surface area contributed by atoms with Crippen LogP contribution in [0.5, 0.6) is 17.2 Å². The maximum Gasteiger partial charge on any atom is 0.341 e. The summed E-state index contributed by atoms with van der Waals surface area (Å²) in [5.74, 6) is 1.28. The Balaban J connectivity index is 1.27. The first-order valence-electron chi connectivity index (χ1n) is 10.6. The number of carbonyl (C=O) groups is 2. The van der Waals surface area contributed by atoms with Gasteiger partial charge in [-0.15, -0.1) is 0 Å². The molecule has 34 heavy (non-hydrogen) atoms. The number of amides is 1. The van der Waals surface area contributed by atoms with Crippen LogP contribution in [0.2, 0.25) is 0 Å². The lowest BCUT2D eigenvalue weighted by Crippen LogP contribution is -2.16. The number of benzene rings is 2. The number of aryl methyl sites for hydroxylation is 2. The van der Waals surface area contributed by atoms with Crippen LogP contribution in [0.25, 0.3) is 0 Å². The van der Waals surface area contributed by atoms with Crippen molar-refractivity contribution >= 4 is 29.3 Å². The number of hydrogen-bond acceptors (Lipinski definition) is 8. The zero-order valence-electron chi connectivity index (χ0n) is 18.8. The molecule has 8 nitrogen and oxygen atoms in total. The van der Waals surface area contributed by atoms with Gasteiger partial charge in [-0.2, -0.15) is 0 Å². The zero-order valence-corrected chi connectivity index (χ0v) is 19.6. The Morgan fingerprint density at radius 2 is 1.82 bits per heavy atom. The van der Waals surface area contributed by atoms with Crippen molar-refractivity contribution in [3.05, 3.63) is 71.4 Å². The Kier molecular flexibility index (Phi) is 7.54. The van der Waals surface area contributed by atoms with E-state index in [4.69, 9.17) is 18.9 Å². The van der Waals surface area contributed by atoms with Gasteiger partial charge in [0.15, 0.2) is 11.5 Å². The Bertz CT molecular complexity index is 1180. The molecule has 0 aliphatic carbocycles. The first-order valence-corrected chi connectivity index (χ1v) is 11.6. The lowest BCUT2D eigenvalue weighted by molar-refractivity contribution is -0.113. The maximum absolute atomic E-state index is 12.6. The van der Waals surface area contributed by atoms with Gasteiger partial charge >= 0.3 is 5.97 Å². The highest BCUT2D eigenvalue weighted by Crippen LogP contribution is 2.34. The van der Waals surface area contributed by atoms with E-state index in [0.29, 0.717) is 27.8 Å². The fraction of sp³-hybridized carbons (Fsp3) is 0.240. The molecule has 1 aliphatic heterocycles. The summed E-state index contributed by atoms with van der Waals surface area (Å²) in [4.78, 5) is 29.2. The summed E-state index contributed by atoms with van der Waals surface area (Å²) in [7, 11) is 0. The number of hydrogen-bond donors (Lipinski definition) is 1. The summed E-state index contributed by atoms with van der Waals surface area (Å²) in [6.07, 6.45) is 1.57.